The molecule has 0 spiro atoms. The van der Waals surface area contributed by atoms with Crippen molar-refractivity contribution in [3.8, 4) is 0 Å². The molecule has 0 amide bonds. The highest BCUT2D eigenvalue weighted by atomic mass is 14.3. The molecule has 0 aromatic carbocycles. The Labute approximate surface area is 244 Å². The van der Waals surface area contributed by atoms with Crippen molar-refractivity contribution in [2.24, 2.45) is 11.8 Å². The first-order valence-electron chi connectivity index (χ1n) is 18.4. The number of allylic oxidation sites excluding steroid dienone is 2. The third-order valence-corrected chi connectivity index (χ3v) is 9.05. The van der Waals surface area contributed by atoms with Crippen LogP contribution in [0.15, 0.2) is 12.2 Å². The molecule has 0 heterocycles. The van der Waals surface area contributed by atoms with E-state index in [9.17, 15) is 0 Å². The molecular formula is C38H76. The second-order valence-electron chi connectivity index (χ2n) is 12.8. The lowest BCUT2D eigenvalue weighted by Gasteiger charge is -2.28. The first-order chi connectivity index (χ1) is 18.8. The Morgan fingerprint density at radius 3 is 0.947 bits per heavy atom. The third kappa shape index (κ3) is 27.3. The van der Waals surface area contributed by atoms with E-state index in [0.29, 0.717) is 0 Å². The van der Waals surface area contributed by atoms with Crippen LogP contribution in [0.4, 0.5) is 0 Å². The summed E-state index contributed by atoms with van der Waals surface area (Å²) in [5.74, 6) is 1.97. The number of rotatable bonds is 32. The van der Waals surface area contributed by atoms with E-state index in [0.717, 1.165) is 11.8 Å². The standard InChI is InChI=1S/C38H76/c1-5-9-13-17-21-23-27-31-35-37(33-29-25-19-15-11-7-3)38(34-30-26-20-16-12-8-4)36-32-28-24-22-18-14-10-6-2/h19,25,37-38H,5-18,20-24,26-36H2,1-4H3/b25-19+. The summed E-state index contributed by atoms with van der Waals surface area (Å²) >= 11 is 0. The molecule has 228 valence electrons. The minimum Gasteiger partial charge on any atom is -0.0885 e. The summed E-state index contributed by atoms with van der Waals surface area (Å²) in [6, 6.07) is 0. The van der Waals surface area contributed by atoms with Crippen molar-refractivity contribution >= 4 is 0 Å². The maximum Gasteiger partial charge on any atom is -0.0348 e. The molecule has 0 N–H and O–H groups in total. The third-order valence-electron chi connectivity index (χ3n) is 9.05. The maximum absolute atomic E-state index is 2.54. The van der Waals surface area contributed by atoms with Gasteiger partial charge in [-0.2, -0.15) is 0 Å². The highest BCUT2D eigenvalue weighted by Gasteiger charge is 2.20. The number of unbranched alkanes of at least 4 members (excludes halogenated alkanes) is 21. The summed E-state index contributed by atoms with van der Waals surface area (Å²) in [5, 5.41) is 0. The van der Waals surface area contributed by atoms with Gasteiger partial charge in [0.05, 0.1) is 0 Å². The van der Waals surface area contributed by atoms with Gasteiger partial charge in [0.25, 0.3) is 0 Å². The van der Waals surface area contributed by atoms with Crippen LogP contribution in [0, 0.1) is 11.8 Å². The van der Waals surface area contributed by atoms with Crippen molar-refractivity contribution in [2.45, 2.75) is 220 Å². The zero-order valence-corrected chi connectivity index (χ0v) is 27.5. The molecule has 0 aromatic rings. The largest absolute Gasteiger partial charge is 0.0885 e. The maximum atomic E-state index is 2.54. The van der Waals surface area contributed by atoms with E-state index in [1.807, 2.05) is 0 Å². The Balaban J connectivity index is 4.74. The van der Waals surface area contributed by atoms with E-state index in [1.165, 1.54) is 193 Å². The Morgan fingerprint density at radius 1 is 0.289 bits per heavy atom. The highest BCUT2D eigenvalue weighted by Crippen LogP contribution is 2.33. The first-order valence-corrected chi connectivity index (χ1v) is 18.4. The summed E-state index contributed by atoms with van der Waals surface area (Å²) in [7, 11) is 0. The van der Waals surface area contributed by atoms with Gasteiger partial charge in [-0.25, -0.2) is 0 Å². The van der Waals surface area contributed by atoms with Gasteiger partial charge in [0, 0.05) is 0 Å². The number of hydrogen-bond acceptors (Lipinski definition) is 0. The molecule has 0 radical (unpaired) electrons. The summed E-state index contributed by atoms with van der Waals surface area (Å²) in [6.07, 6.45) is 48.4. The van der Waals surface area contributed by atoms with Gasteiger partial charge in [0.15, 0.2) is 0 Å². The molecule has 0 saturated carbocycles. The van der Waals surface area contributed by atoms with Crippen LogP contribution in [-0.4, -0.2) is 0 Å². The zero-order valence-electron chi connectivity index (χ0n) is 27.5. The summed E-state index contributed by atoms with van der Waals surface area (Å²) in [4.78, 5) is 0. The van der Waals surface area contributed by atoms with Gasteiger partial charge < -0.3 is 0 Å². The van der Waals surface area contributed by atoms with Crippen molar-refractivity contribution in [2.75, 3.05) is 0 Å². The monoisotopic (exact) mass is 533 g/mol. The molecule has 0 aromatic heterocycles. The fourth-order valence-corrected chi connectivity index (χ4v) is 6.37. The van der Waals surface area contributed by atoms with Crippen molar-refractivity contribution in [1.29, 1.82) is 0 Å². The Kier molecular flexibility index (Phi) is 32.7. The van der Waals surface area contributed by atoms with Gasteiger partial charge in [0.1, 0.15) is 0 Å². The Morgan fingerprint density at radius 2 is 0.579 bits per heavy atom. The van der Waals surface area contributed by atoms with Crippen LogP contribution in [0.2, 0.25) is 0 Å². The van der Waals surface area contributed by atoms with Crippen LogP contribution in [-0.2, 0) is 0 Å². The van der Waals surface area contributed by atoms with Crippen molar-refractivity contribution in [3.63, 3.8) is 0 Å². The smallest absolute Gasteiger partial charge is 0.0348 e. The molecule has 0 saturated heterocycles. The molecule has 0 heteroatoms. The van der Waals surface area contributed by atoms with Gasteiger partial charge in [-0.05, 0) is 31.1 Å². The predicted molar refractivity (Wildman–Crippen MR) is 177 cm³/mol. The first kappa shape index (κ1) is 37.7. The lowest BCUT2D eigenvalue weighted by molar-refractivity contribution is 0.243. The van der Waals surface area contributed by atoms with E-state index < -0.39 is 0 Å². The molecule has 0 fully saturated rings. The second kappa shape index (κ2) is 32.9. The molecule has 2 atom stereocenters. The van der Waals surface area contributed by atoms with E-state index >= 15 is 0 Å². The fraction of sp³-hybridized carbons (Fsp3) is 0.947. The molecular weight excluding hydrogens is 456 g/mol. The summed E-state index contributed by atoms with van der Waals surface area (Å²) < 4.78 is 0. The molecule has 0 aliphatic carbocycles. The van der Waals surface area contributed by atoms with Gasteiger partial charge in [0.2, 0.25) is 0 Å². The summed E-state index contributed by atoms with van der Waals surface area (Å²) in [6.45, 7) is 9.31. The molecule has 0 nitrogen and oxygen atoms in total. The van der Waals surface area contributed by atoms with Crippen LogP contribution in [0.1, 0.15) is 220 Å². The van der Waals surface area contributed by atoms with Crippen molar-refractivity contribution in [3.05, 3.63) is 12.2 Å². The van der Waals surface area contributed by atoms with E-state index in [4.69, 9.17) is 0 Å². The summed E-state index contributed by atoms with van der Waals surface area (Å²) in [5.41, 5.74) is 0. The molecule has 38 heavy (non-hydrogen) atoms. The van der Waals surface area contributed by atoms with Gasteiger partial charge in [-0.15, -0.1) is 0 Å². The van der Waals surface area contributed by atoms with E-state index in [2.05, 4.69) is 39.8 Å². The fourth-order valence-electron chi connectivity index (χ4n) is 6.37. The predicted octanol–water partition coefficient (Wildman–Crippen LogP) is 14.6. The SMILES string of the molecule is CCCC/C=C/CCC(CCCCCCCCCC)C(CCCCCCCC)CCCCCCCCCC. The molecule has 0 bridgehead atoms. The van der Waals surface area contributed by atoms with E-state index in [-0.39, 0.29) is 0 Å². The lowest BCUT2D eigenvalue weighted by Crippen LogP contribution is -2.16. The quantitative estimate of drug-likeness (QED) is 0.0596. The Bertz CT molecular complexity index is 435. The molecule has 0 aliphatic heterocycles. The second-order valence-corrected chi connectivity index (χ2v) is 12.8. The topological polar surface area (TPSA) is 0 Å². The van der Waals surface area contributed by atoms with Crippen molar-refractivity contribution in [1.82, 2.24) is 0 Å². The molecule has 0 rings (SSSR count). The average molecular weight is 533 g/mol. The van der Waals surface area contributed by atoms with Crippen LogP contribution >= 0.6 is 0 Å². The van der Waals surface area contributed by atoms with Crippen LogP contribution in [0.3, 0.4) is 0 Å². The normalized spacial score (nSPS) is 13.5. The van der Waals surface area contributed by atoms with Gasteiger partial charge in [-0.3, -0.25) is 0 Å². The van der Waals surface area contributed by atoms with Crippen LogP contribution in [0.5, 0.6) is 0 Å². The Hall–Kier alpha value is -0.260. The van der Waals surface area contributed by atoms with Gasteiger partial charge in [-0.1, -0.05) is 213 Å². The van der Waals surface area contributed by atoms with Crippen LogP contribution in [0.25, 0.3) is 0 Å². The van der Waals surface area contributed by atoms with Crippen molar-refractivity contribution < 1.29 is 0 Å². The molecule has 0 aliphatic rings. The lowest BCUT2D eigenvalue weighted by atomic mass is 9.78. The highest BCUT2D eigenvalue weighted by molar-refractivity contribution is 4.83. The minimum atomic E-state index is 0.978. The molecule has 2 unspecified atom stereocenters. The van der Waals surface area contributed by atoms with E-state index in [1.54, 1.807) is 0 Å². The van der Waals surface area contributed by atoms with Crippen LogP contribution < -0.4 is 0 Å². The zero-order chi connectivity index (χ0) is 27.8. The minimum absolute atomic E-state index is 0.978. The number of hydrogen-bond donors (Lipinski definition) is 0. The van der Waals surface area contributed by atoms with Gasteiger partial charge >= 0.3 is 0 Å². The average Bonchev–Trinajstić information content (AvgIpc) is 2.93.